The van der Waals surface area contributed by atoms with Crippen LogP contribution in [-0.4, -0.2) is 0 Å². The predicted molar refractivity (Wildman–Crippen MR) is 75.4 cm³/mol. The predicted octanol–water partition coefficient (Wildman–Crippen LogP) is 4.47. The van der Waals surface area contributed by atoms with Gasteiger partial charge in [-0.05, 0) is 48.2 Å². The average Bonchev–Trinajstić information content (AvgIpc) is 2.74. The van der Waals surface area contributed by atoms with Crippen molar-refractivity contribution in [3.63, 3.8) is 0 Å². The van der Waals surface area contributed by atoms with Crippen LogP contribution >= 0.6 is 15.9 Å². The second-order valence-corrected chi connectivity index (χ2v) is 5.47. The molecule has 2 aromatic rings. The zero-order valence-electron chi connectivity index (χ0n) is 9.70. The Morgan fingerprint density at radius 3 is 2.76 bits per heavy atom. The number of fused-ring (bicyclic) bond motifs is 1. The molecule has 1 nitrogen and oxygen atoms in total. The Bertz CT molecular complexity index is 563. The van der Waals surface area contributed by atoms with E-state index in [9.17, 15) is 0 Å². The minimum absolute atomic E-state index is 0.406. The van der Waals surface area contributed by atoms with Crippen LogP contribution in [0.15, 0.2) is 46.9 Å². The molecule has 1 N–H and O–H groups in total. The summed E-state index contributed by atoms with van der Waals surface area (Å²) in [7, 11) is 0. The summed E-state index contributed by atoms with van der Waals surface area (Å²) < 4.78 is 1.14. The molecule has 17 heavy (non-hydrogen) atoms. The normalized spacial score (nSPS) is 17.6. The SMILES string of the molecule is Cc1cccc2c1CC(c1cccc(Br)c1)N2. The third-order valence-corrected chi connectivity index (χ3v) is 3.89. The molecule has 0 spiro atoms. The van der Waals surface area contributed by atoms with Gasteiger partial charge in [0.1, 0.15) is 0 Å². The lowest BCUT2D eigenvalue weighted by Crippen LogP contribution is -2.05. The molecule has 86 valence electrons. The molecule has 1 atom stereocenters. The lowest BCUT2D eigenvalue weighted by atomic mass is 10.0. The van der Waals surface area contributed by atoms with Crippen LogP contribution in [0.5, 0.6) is 0 Å². The second-order valence-electron chi connectivity index (χ2n) is 4.56. The minimum atomic E-state index is 0.406. The fourth-order valence-corrected chi connectivity index (χ4v) is 2.89. The number of aryl methyl sites for hydroxylation is 1. The van der Waals surface area contributed by atoms with Crippen LogP contribution in [0.4, 0.5) is 5.69 Å². The van der Waals surface area contributed by atoms with Crippen molar-refractivity contribution in [2.45, 2.75) is 19.4 Å². The van der Waals surface area contributed by atoms with E-state index in [2.05, 4.69) is 70.6 Å². The fraction of sp³-hybridized carbons (Fsp3) is 0.200. The van der Waals surface area contributed by atoms with Crippen molar-refractivity contribution in [3.05, 3.63) is 63.6 Å². The molecule has 1 heterocycles. The van der Waals surface area contributed by atoms with Crippen molar-refractivity contribution in [1.82, 2.24) is 0 Å². The maximum Gasteiger partial charge on any atom is 0.0555 e. The van der Waals surface area contributed by atoms with Crippen LogP contribution in [-0.2, 0) is 6.42 Å². The summed E-state index contributed by atoms with van der Waals surface area (Å²) in [5.74, 6) is 0. The Balaban J connectivity index is 1.94. The van der Waals surface area contributed by atoms with Gasteiger partial charge in [0.25, 0.3) is 0 Å². The third kappa shape index (κ3) is 1.98. The number of halogens is 1. The molecule has 3 rings (SSSR count). The number of rotatable bonds is 1. The first-order chi connectivity index (χ1) is 8.24. The Morgan fingerprint density at radius 1 is 1.18 bits per heavy atom. The average molecular weight is 288 g/mol. The highest BCUT2D eigenvalue weighted by Crippen LogP contribution is 2.36. The molecule has 2 aromatic carbocycles. The first kappa shape index (κ1) is 10.8. The van der Waals surface area contributed by atoms with Crippen molar-refractivity contribution < 1.29 is 0 Å². The van der Waals surface area contributed by atoms with E-state index >= 15 is 0 Å². The molecule has 0 fully saturated rings. The van der Waals surface area contributed by atoms with Gasteiger partial charge in [-0.1, -0.05) is 40.2 Å². The van der Waals surface area contributed by atoms with Crippen LogP contribution in [0.25, 0.3) is 0 Å². The lowest BCUT2D eigenvalue weighted by Gasteiger charge is -2.11. The molecule has 0 bridgehead atoms. The first-order valence-corrected chi connectivity index (χ1v) is 6.64. The van der Waals surface area contributed by atoms with Crippen molar-refractivity contribution in [3.8, 4) is 0 Å². The molecule has 1 unspecified atom stereocenters. The number of hydrogen-bond acceptors (Lipinski definition) is 1. The summed E-state index contributed by atoms with van der Waals surface area (Å²) in [6, 6.07) is 15.4. The molecular weight excluding hydrogens is 274 g/mol. The number of benzene rings is 2. The van der Waals surface area contributed by atoms with E-state index < -0.39 is 0 Å². The highest BCUT2D eigenvalue weighted by molar-refractivity contribution is 9.10. The summed E-state index contributed by atoms with van der Waals surface area (Å²) >= 11 is 3.53. The first-order valence-electron chi connectivity index (χ1n) is 5.84. The Morgan fingerprint density at radius 2 is 2.00 bits per heavy atom. The molecular formula is C15H14BrN. The van der Waals surface area contributed by atoms with Gasteiger partial charge in [0.2, 0.25) is 0 Å². The van der Waals surface area contributed by atoms with Crippen molar-refractivity contribution in [1.29, 1.82) is 0 Å². The summed E-state index contributed by atoms with van der Waals surface area (Å²) in [6.07, 6.45) is 1.08. The maximum absolute atomic E-state index is 3.60. The number of nitrogens with one attached hydrogen (secondary N) is 1. The molecule has 1 aliphatic rings. The summed E-state index contributed by atoms with van der Waals surface area (Å²) in [5.41, 5.74) is 5.47. The Kier molecular flexibility index (Phi) is 2.67. The Labute approximate surface area is 110 Å². The zero-order valence-corrected chi connectivity index (χ0v) is 11.3. The van der Waals surface area contributed by atoms with Crippen molar-refractivity contribution >= 4 is 21.6 Å². The van der Waals surface area contributed by atoms with Crippen LogP contribution in [0, 0.1) is 6.92 Å². The molecule has 0 radical (unpaired) electrons. The number of anilines is 1. The van der Waals surface area contributed by atoms with E-state index in [-0.39, 0.29) is 0 Å². The molecule has 0 aromatic heterocycles. The van der Waals surface area contributed by atoms with Gasteiger partial charge >= 0.3 is 0 Å². The summed E-state index contributed by atoms with van der Waals surface area (Å²) in [6.45, 7) is 2.18. The monoisotopic (exact) mass is 287 g/mol. The minimum Gasteiger partial charge on any atom is -0.378 e. The largest absolute Gasteiger partial charge is 0.378 e. The number of hydrogen-bond donors (Lipinski definition) is 1. The molecule has 0 amide bonds. The molecule has 2 heteroatoms. The molecule has 0 saturated heterocycles. The third-order valence-electron chi connectivity index (χ3n) is 3.40. The fourth-order valence-electron chi connectivity index (χ4n) is 2.48. The van der Waals surface area contributed by atoms with E-state index in [1.165, 1.54) is 22.4 Å². The van der Waals surface area contributed by atoms with E-state index in [0.717, 1.165) is 10.9 Å². The van der Waals surface area contributed by atoms with E-state index in [4.69, 9.17) is 0 Å². The van der Waals surface area contributed by atoms with Gasteiger partial charge < -0.3 is 5.32 Å². The highest BCUT2D eigenvalue weighted by Gasteiger charge is 2.22. The van der Waals surface area contributed by atoms with Crippen molar-refractivity contribution in [2.75, 3.05) is 5.32 Å². The standard InChI is InChI=1S/C15H14BrN/c1-10-4-2-7-14-13(10)9-15(17-14)11-5-3-6-12(16)8-11/h2-8,15,17H,9H2,1H3. The molecule has 1 aliphatic heterocycles. The van der Waals surface area contributed by atoms with Gasteiger partial charge in [-0.2, -0.15) is 0 Å². The lowest BCUT2D eigenvalue weighted by molar-refractivity contribution is 0.820. The summed E-state index contributed by atoms with van der Waals surface area (Å²) in [4.78, 5) is 0. The highest BCUT2D eigenvalue weighted by atomic mass is 79.9. The second kappa shape index (κ2) is 4.19. The van der Waals surface area contributed by atoms with Gasteiger partial charge in [-0.15, -0.1) is 0 Å². The van der Waals surface area contributed by atoms with E-state index in [1.807, 2.05) is 0 Å². The summed E-state index contributed by atoms with van der Waals surface area (Å²) in [5, 5.41) is 3.60. The van der Waals surface area contributed by atoms with Gasteiger partial charge in [-0.3, -0.25) is 0 Å². The van der Waals surface area contributed by atoms with Gasteiger partial charge in [-0.25, -0.2) is 0 Å². The van der Waals surface area contributed by atoms with E-state index in [0.29, 0.717) is 6.04 Å². The molecule has 0 saturated carbocycles. The Hall–Kier alpha value is -1.28. The van der Waals surface area contributed by atoms with Crippen LogP contribution in [0.3, 0.4) is 0 Å². The topological polar surface area (TPSA) is 12.0 Å². The zero-order chi connectivity index (χ0) is 11.8. The van der Waals surface area contributed by atoms with Gasteiger partial charge in [0.15, 0.2) is 0 Å². The van der Waals surface area contributed by atoms with Gasteiger partial charge in [0, 0.05) is 10.2 Å². The smallest absolute Gasteiger partial charge is 0.0555 e. The van der Waals surface area contributed by atoms with Crippen molar-refractivity contribution in [2.24, 2.45) is 0 Å². The quantitative estimate of drug-likeness (QED) is 0.816. The van der Waals surface area contributed by atoms with E-state index in [1.54, 1.807) is 0 Å². The van der Waals surface area contributed by atoms with Gasteiger partial charge in [0.05, 0.1) is 6.04 Å². The van der Waals surface area contributed by atoms with Crippen LogP contribution in [0.2, 0.25) is 0 Å². The molecule has 0 aliphatic carbocycles. The maximum atomic E-state index is 3.60. The van der Waals surface area contributed by atoms with Crippen LogP contribution < -0.4 is 5.32 Å². The van der Waals surface area contributed by atoms with Crippen LogP contribution in [0.1, 0.15) is 22.7 Å².